The first-order chi connectivity index (χ1) is 12.5. The van der Waals surface area contributed by atoms with E-state index in [0.717, 1.165) is 31.2 Å². The highest BCUT2D eigenvalue weighted by molar-refractivity contribution is 7.12. The minimum absolute atomic E-state index is 0.0240. The molecule has 138 valence electrons. The maximum Gasteiger partial charge on any atom is 0.264 e. The summed E-state index contributed by atoms with van der Waals surface area (Å²) in [4.78, 5) is 26.6. The second-order valence-corrected chi connectivity index (χ2v) is 7.86. The van der Waals surface area contributed by atoms with E-state index < -0.39 is 0 Å². The maximum atomic E-state index is 13.2. The molecule has 4 nitrogen and oxygen atoms in total. The summed E-state index contributed by atoms with van der Waals surface area (Å²) in [5, 5.41) is 4.83. The number of likely N-dealkylation sites (N-methyl/N-ethyl adjacent to an activating group) is 1. The summed E-state index contributed by atoms with van der Waals surface area (Å²) >= 11 is 1.36. The lowest BCUT2D eigenvalue weighted by atomic mass is 9.79. The summed E-state index contributed by atoms with van der Waals surface area (Å²) < 4.78 is 13.2. The van der Waals surface area contributed by atoms with Gasteiger partial charge in [-0.25, -0.2) is 4.39 Å². The Bertz CT molecular complexity index is 753. The lowest BCUT2D eigenvalue weighted by molar-refractivity contribution is -0.121. The number of thiophene rings is 1. The van der Waals surface area contributed by atoms with Gasteiger partial charge in [0.05, 0.1) is 11.4 Å². The van der Waals surface area contributed by atoms with Crippen LogP contribution >= 0.6 is 11.3 Å². The Hall–Kier alpha value is -2.21. The number of hydrogen-bond acceptors (Lipinski definition) is 3. The minimum atomic E-state index is -0.250. The van der Waals surface area contributed by atoms with Crippen molar-refractivity contribution in [2.45, 2.75) is 31.1 Å². The van der Waals surface area contributed by atoms with E-state index in [9.17, 15) is 14.0 Å². The molecule has 1 fully saturated rings. The molecule has 1 aliphatic rings. The summed E-state index contributed by atoms with van der Waals surface area (Å²) in [5.41, 5.74) is 0.930. The number of halogens is 1. The second-order valence-electron chi connectivity index (χ2n) is 6.91. The highest BCUT2D eigenvalue weighted by Crippen LogP contribution is 2.40. The molecule has 0 spiro atoms. The Kier molecular flexibility index (Phi) is 5.71. The summed E-state index contributed by atoms with van der Waals surface area (Å²) in [7, 11) is 1.63. The number of rotatable bonds is 6. The van der Waals surface area contributed by atoms with E-state index in [-0.39, 0.29) is 29.6 Å². The van der Waals surface area contributed by atoms with Crippen LogP contribution in [0.25, 0.3) is 0 Å². The first-order valence-electron chi connectivity index (χ1n) is 8.82. The fraction of sp³-hybridized carbons (Fsp3) is 0.400. The Morgan fingerprint density at radius 2 is 1.88 bits per heavy atom. The van der Waals surface area contributed by atoms with Crippen LogP contribution in [0.3, 0.4) is 0 Å². The van der Waals surface area contributed by atoms with Crippen molar-refractivity contribution >= 4 is 23.2 Å². The van der Waals surface area contributed by atoms with E-state index >= 15 is 0 Å². The largest absolute Gasteiger partial charge is 0.354 e. The van der Waals surface area contributed by atoms with Gasteiger partial charge in [-0.1, -0.05) is 31.0 Å². The van der Waals surface area contributed by atoms with Crippen molar-refractivity contribution in [2.75, 3.05) is 20.1 Å². The lowest BCUT2D eigenvalue weighted by Crippen LogP contribution is -2.43. The number of carbonyl (C=O) groups excluding carboxylic acids is 2. The van der Waals surface area contributed by atoms with Crippen molar-refractivity contribution < 1.29 is 14.0 Å². The fourth-order valence-corrected chi connectivity index (χ4v) is 4.34. The van der Waals surface area contributed by atoms with Gasteiger partial charge in [0.25, 0.3) is 5.91 Å². The Morgan fingerprint density at radius 3 is 2.50 bits per heavy atom. The molecule has 1 N–H and O–H groups in total. The standard InChI is InChI=1S/C20H23FN2O2S/c1-23(19(25)17-5-4-12-26-17)13-18(24)22-14-20(10-2-3-11-20)15-6-8-16(21)9-7-15/h4-9,12H,2-3,10-11,13-14H2,1H3,(H,22,24). The van der Waals surface area contributed by atoms with Crippen molar-refractivity contribution in [3.63, 3.8) is 0 Å². The zero-order valence-corrected chi connectivity index (χ0v) is 15.7. The monoisotopic (exact) mass is 374 g/mol. The van der Waals surface area contributed by atoms with Crippen LogP contribution in [0.4, 0.5) is 4.39 Å². The van der Waals surface area contributed by atoms with E-state index in [4.69, 9.17) is 0 Å². The summed E-state index contributed by atoms with van der Waals surface area (Å²) in [5.74, 6) is -0.574. The lowest BCUT2D eigenvalue weighted by Gasteiger charge is -2.30. The molecule has 1 aromatic heterocycles. The second kappa shape index (κ2) is 7.99. The highest BCUT2D eigenvalue weighted by Gasteiger charge is 2.36. The zero-order chi connectivity index (χ0) is 18.6. The quantitative estimate of drug-likeness (QED) is 0.840. The molecule has 1 saturated carbocycles. The van der Waals surface area contributed by atoms with Crippen LogP contribution in [0.15, 0.2) is 41.8 Å². The SMILES string of the molecule is CN(CC(=O)NCC1(c2ccc(F)cc2)CCCC1)C(=O)c1cccs1. The summed E-state index contributed by atoms with van der Waals surface area (Å²) in [6.45, 7) is 0.536. The predicted molar refractivity (Wildman–Crippen MR) is 101 cm³/mol. The summed E-state index contributed by atoms with van der Waals surface area (Å²) in [6.07, 6.45) is 4.15. The molecular formula is C20H23FN2O2S. The Morgan fingerprint density at radius 1 is 1.19 bits per heavy atom. The van der Waals surface area contributed by atoms with Gasteiger partial charge < -0.3 is 10.2 Å². The van der Waals surface area contributed by atoms with E-state index in [0.29, 0.717) is 11.4 Å². The molecular weight excluding hydrogens is 351 g/mol. The predicted octanol–water partition coefficient (Wildman–Crippen LogP) is 3.59. The fourth-order valence-electron chi connectivity index (χ4n) is 3.62. The topological polar surface area (TPSA) is 49.4 Å². The van der Waals surface area contributed by atoms with Crippen LogP contribution < -0.4 is 5.32 Å². The third kappa shape index (κ3) is 4.12. The molecule has 1 aromatic carbocycles. The summed E-state index contributed by atoms with van der Waals surface area (Å²) in [6, 6.07) is 10.2. The van der Waals surface area contributed by atoms with Crippen LogP contribution in [0.1, 0.15) is 40.9 Å². The molecule has 2 amide bonds. The molecule has 1 heterocycles. The maximum absolute atomic E-state index is 13.2. The molecule has 3 rings (SSSR count). The van der Waals surface area contributed by atoms with Crippen LogP contribution in [0, 0.1) is 5.82 Å². The molecule has 0 saturated heterocycles. The number of hydrogen-bond donors (Lipinski definition) is 1. The molecule has 6 heteroatoms. The van der Waals surface area contributed by atoms with Gasteiger partial charge in [0, 0.05) is 19.0 Å². The Labute approximate surface area is 157 Å². The smallest absolute Gasteiger partial charge is 0.264 e. The van der Waals surface area contributed by atoms with Crippen molar-refractivity contribution in [2.24, 2.45) is 0 Å². The molecule has 1 aliphatic carbocycles. The normalized spacial score (nSPS) is 15.6. The Balaban J connectivity index is 1.60. The van der Waals surface area contributed by atoms with Gasteiger partial charge in [-0.05, 0) is 42.0 Å². The zero-order valence-electron chi connectivity index (χ0n) is 14.8. The first-order valence-corrected chi connectivity index (χ1v) is 9.70. The van der Waals surface area contributed by atoms with E-state index in [2.05, 4.69) is 5.32 Å². The molecule has 0 atom stereocenters. The van der Waals surface area contributed by atoms with Crippen molar-refractivity contribution in [1.82, 2.24) is 10.2 Å². The number of benzene rings is 1. The average Bonchev–Trinajstić information content (AvgIpc) is 3.32. The van der Waals surface area contributed by atoms with Gasteiger partial charge in [-0.3, -0.25) is 9.59 Å². The molecule has 0 aliphatic heterocycles. The van der Waals surface area contributed by atoms with E-state index in [1.165, 1.54) is 28.4 Å². The van der Waals surface area contributed by atoms with Crippen LogP contribution in [-0.4, -0.2) is 36.9 Å². The molecule has 0 unspecified atom stereocenters. The molecule has 2 aromatic rings. The van der Waals surface area contributed by atoms with E-state index in [1.807, 2.05) is 23.6 Å². The van der Waals surface area contributed by atoms with Crippen molar-refractivity contribution in [3.05, 3.63) is 58.0 Å². The van der Waals surface area contributed by atoms with Gasteiger partial charge in [0.2, 0.25) is 5.91 Å². The van der Waals surface area contributed by atoms with Crippen LogP contribution in [0.2, 0.25) is 0 Å². The average molecular weight is 374 g/mol. The van der Waals surface area contributed by atoms with Gasteiger partial charge in [-0.15, -0.1) is 11.3 Å². The molecule has 0 bridgehead atoms. The van der Waals surface area contributed by atoms with E-state index in [1.54, 1.807) is 13.1 Å². The van der Waals surface area contributed by atoms with Crippen molar-refractivity contribution in [3.8, 4) is 0 Å². The van der Waals surface area contributed by atoms with Crippen LogP contribution in [-0.2, 0) is 10.2 Å². The van der Waals surface area contributed by atoms with Gasteiger partial charge in [-0.2, -0.15) is 0 Å². The number of amides is 2. The van der Waals surface area contributed by atoms with Crippen molar-refractivity contribution in [1.29, 1.82) is 0 Å². The first kappa shape index (κ1) is 18.6. The molecule has 0 radical (unpaired) electrons. The third-order valence-corrected chi connectivity index (χ3v) is 5.96. The van der Waals surface area contributed by atoms with Gasteiger partial charge in [0.1, 0.15) is 5.82 Å². The minimum Gasteiger partial charge on any atom is -0.354 e. The number of nitrogens with zero attached hydrogens (tertiary/aromatic N) is 1. The number of nitrogens with one attached hydrogen (secondary N) is 1. The highest BCUT2D eigenvalue weighted by atomic mass is 32.1. The molecule has 26 heavy (non-hydrogen) atoms. The third-order valence-electron chi connectivity index (χ3n) is 5.10. The van der Waals surface area contributed by atoms with Gasteiger partial charge >= 0.3 is 0 Å². The van der Waals surface area contributed by atoms with Gasteiger partial charge in [0.15, 0.2) is 0 Å². The number of carbonyl (C=O) groups is 2. The van der Waals surface area contributed by atoms with Crippen LogP contribution in [0.5, 0.6) is 0 Å².